The SMILES string of the molecule is CCN(C)N(C(=O)NCc1ccccc1)C1CN(Cc2cccc(F)c2)C(=O)[C@H](Cc2ccc(O)cc2)N1C=O. The number of aromatic hydroxyl groups is 1. The van der Waals surface area contributed by atoms with Crippen molar-refractivity contribution in [1.82, 2.24) is 25.1 Å². The van der Waals surface area contributed by atoms with Crippen LogP contribution in [-0.4, -0.2) is 75.6 Å². The number of halogens is 1. The van der Waals surface area contributed by atoms with E-state index >= 15 is 0 Å². The number of nitrogens with zero attached hydrogens (tertiary/aromatic N) is 4. The summed E-state index contributed by atoms with van der Waals surface area (Å²) < 4.78 is 14.0. The van der Waals surface area contributed by atoms with E-state index in [0.717, 1.165) is 11.1 Å². The van der Waals surface area contributed by atoms with Crippen molar-refractivity contribution in [2.45, 2.75) is 38.6 Å². The van der Waals surface area contributed by atoms with E-state index in [1.54, 1.807) is 41.2 Å². The average Bonchev–Trinajstić information content (AvgIpc) is 2.96. The predicted octanol–water partition coefficient (Wildman–Crippen LogP) is 3.35. The normalized spacial score (nSPS) is 17.1. The van der Waals surface area contributed by atoms with Gasteiger partial charge in [-0.05, 0) is 41.0 Å². The molecule has 2 N–H and O–H groups in total. The molecule has 210 valence electrons. The maximum Gasteiger partial charge on any atom is 0.334 e. The molecule has 1 aliphatic heterocycles. The second kappa shape index (κ2) is 13.1. The van der Waals surface area contributed by atoms with Gasteiger partial charge in [0.15, 0.2) is 0 Å². The Bertz CT molecular complexity index is 1310. The number of piperazine rings is 1. The fraction of sp³-hybridized carbons (Fsp3) is 0.300. The minimum absolute atomic E-state index is 0.0310. The number of benzene rings is 3. The summed E-state index contributed by atoms with van der Waals surface area (Å²) in [7, 11) is 1.74. The summed E-state index contributed by atoms with van der Waals surface area (Å²) in [6, 6.07) is 20.5. The van der Waals surface area contributed by atoms with Gasteiger partial charge in [-0.2, -0.15) is 0 Å². The number of urea groups is 1. The Labute approximate surface area is 233 Å². The molecule has 0 aromatic heterocycles. The molecule has 40 heavy (non-hydrogen) atoms. The van der Waals surface area contributed by atoms with Gasteiger partial charge in [0.1, 0.15) is 23.8 Å². The van der Waals surface area contributed by atoms with Crippen LogP contribution in [-0.2, 0) is 29.1 Å². The van der Waals surface area contributed by atoms with Gasteiger partial charge in [0, 0.05) is 33.1 Å². The van der Waals surface area contributed by atoms with Crippen molar-refractivity contribution in [1.29, 1.82) is 0 Å². The third kappa shape index (κ3) is 6.76. The molecular weight excluding hydrogens is 513 g/mol. The number of carbonyl (C=O) groups excluding carboxylic acids is 3. The van der Waals surface area contributed by atoms with Crippen LogP contribution < -0.4 is 5.32 Å². The van der Waals surface area contributed by atoms with Crippen LogP contribution in [0.2, 0.25) is 0 Å². The van der Waals surface area contributed by atoms with Crippen molar-refractivity contribution >= 4 is 18.3 Å². The van der Waals surface area contributed by atoms with Gasteiger partial charge in [-0.1, -0.05) is 61.5 Å². The van der Waals surface area contributed by atoms with Crippen LogP contribution in [0, 0.1) is 5.82 Å². The van der Waals surface area contributed by atoms with Gasteiger partial charge < -0.3 is 20.2 Å². The first kappa shape index (κ1) is 28.6. The Hall–Kier alpha value is -4.44. The van der Waals surface area contributed by atoms with Crippen molar-refractivity contribution in [3.63, 3.8) is 0 Å². The third-order valence-electron chi connectivity index (χ3n) is 7.04. The molecular formula is C30H34FN5O4. The topological polar surface area (TPSA) is 96.4 Å². The van der Waals surface area contributed by atoms with Gasteiger partial charge in [-0.3, -0.25) is 9.59 Å². The lowest BCUT2D eigenvalue weighted by Crippen LogP contribution is -2.70. The van der Waals surface area contributed by atoms with Gasteiger partial charge in [-0.25, -0.2) is 19.2 Å². The lowest BCUT2D eigenvalue weighted by Gasteiger charge is -2.50. The summed E-state index contributed by atoms with van der Waals surface area (Å²) >= 11 is 0. The zero-order chi connectivity index (χ0) is 28.6. The zero-order valence-corrected chi connectivity index (χ0v) is 22.6. The molecule has 0 bridgehead atoms. The van der Waals surface area contributed by atoms with Crippen molar-refractivity contribution in [2.75, 3.05) is 20.1 Å². The first-order chi connectivity index (χ1) is 19.3. The number of hydrogen-bond acceptors (Lipinski definition) is 5. The number of hydrogen-bond donors (Lipinski definition) is 2. The standard InChI is InChI=1S/C30H34FN5O4/c1-3-33(2)36(30(40)32-18-23-8-5-4-6-9-23)28-20-34(19-24-10-7-11-25(31)16-24)29(39)27(35(28)21-37)17-22-12-14-26(38)15-13-22/h4-16,21,27-28,38H,3,17-20H2,1-2H3,(H,32,40)/t27-,28?/m0/s1. The molecule has 0 radical (unpaired) electrons. The molecule has 0 aliphatic carbocycles. The van der Waals surface area contributed by atoms with Crippen LogP contribution in [0.25, 0.3) is 0 Å². The van der Waals surface area contributed by atoms with E-state index in [1.165, 1.54) is 34.2 Å². The number of nitrogens with one attached hydrogen (secondary N) is 1. The minimum atomic E-state index is -0.927. The molecule has 4 amide bonds. The summed E-state index contributed by atoms with van der Waals surface area (Å²) in [5.41, 5.74) is 2.25. The summed E-state index contributed by atoms with van der Waals surface area (Å²) in [6.45, 7) is 2.77. The maximum atomic E-state index is 14.0. The van der Waals surface area contributed by atoms with E-state index in [2.05, 4.69) is 5.32 Å². The second-order valence-corrected chi connectivity index (χ2v) is 9.73. The largest absolute Gasteiger partial charge is 0.508 e. The molecule has 3 aromatic rings. The molecule has 0 saturated carbocycles. The number of hydrazine groups is 1. The van der Waals surface area contributed by atoms with Crippen LogP contribution in [0.3, 0.4) is 0 Å². The monoisotopic (exact) mass is 547 g/mol. The number of phenolic OH excluding ortho intramolecular Hbond substituents is 1. The number of carbonyl (C=O) groups is 3. The van der Waals surface area contributed by atoms with Crippen LogP contribution in [0.4, 0.5) is 9.18 Å². The molecule has 1 unspecified atom stereocenters. The molecule has 2 atom stereocenters. The number of rotatable bonds is 10. The van der Waals surface area contributed by atoms with Gasteiger partial charge >= 0.3 is 6.03 Å². The molecule has 1 saturated heterocycles. The van der Waals surface area contributed by atoms with Crippen molar-refractivity contribution in [2.24, 2.45) is 0 Å². The predicted molar refractivity (Wildman–Crippen MR) is 148 cm³/mol. The van der Waals surface area contributed by atoms with Gasteiger partial charge in [0.05, 0.1) is 6.54 Å². The summed E-state index contributed by atoms with van der Waals surface area (Å²) in [5, 5.41) is 15.8. The van der Waals surface area contributed by atoms with Gasteiger partial charge in [0.2, 0.25) is 12.3 Å². The van der Waals surface area contributed by atoms with E-state index in [-0.39, 0.29) is 37.7 Å². The Balaban J connectivity index is 1.68. The second-order valence-electron chi connectivity index (χ2n) is 9.73. The van der Waals surface area contributed by atoms with E-state index in [0.29, 0.717) is 18.5 Å². The molecule has 1 heterocycles. The first-order valence-corrected chi connectivity index (χ1v) is 13.2. The zero-order valence-electron chi connectivity index (χ0n) is 22.6. The van der Waals surface area contributed by atoms with Crippen molar-refractivity contribution in [3.05, 3.63) is 101 Å². The highest BCUT2D eigenvalue weighted by Gasteiger charge is 2.45. The maximum absolute atomic E-state index is 14.0. The van der Waals surface area contributed by atoms with E-state index in [1.807, 2.05) is 37.3 Å². The molecule has 10 heteroatoms. The Morgan fingerprint density at radius 3 is 2.40 bits per heavy atom. The quantitative estimate of drug-likeness (QED) is 0.300. The van der Waals surface area contributed by atoms with Crippen molar-refractivity contribution < 1.29 is 23.9 Å². The average molecular weight is 548 g/mol. The molecule has 9 nitrogen and oxygen atoms in total. The Morgan fingerprint density at radius 1 is 1.05 bits per heavy atom. The highest BCUT2D eigenvalue weighted by Crippen LogP contribution is 2.25. The number of amides is 4. The third-order valence-corrected chi connectivity index (χ3v) is 7.04. The van der Waals surface area contributed by atoms with Crippen LogP contribution in [0.15, 0.2) is 78.9 Å². The summed E-state index contributed by atoms with van der Waals surface area (Å²) in [4.78, 5) is 42.9. The molecule has 1 fully saturated rings. The van der Waals surface area contributed by atoms with Crippen LogP contribution in [0.5, 0.6) is 5.75 Å². The Kier molecular flexibility index (Phi) is 9.34. The molecule has 4 rings (SSSR count). The number of phenols is 1. The Morgan fingerprint density at radius 2 is 1.75 bits per heavy atom. The highest BCUT2D eigenvalue weighted by atomic mass is 19.1. The van der Waals surface area contributed by atoms with Crippen LogP contribution in [0.1, 0.15) is 23.6 Å². The van der Waals surface area contributed by atoms with E-state index < -0.39 is 24.1 Å². The van der Waals surface area contributed by atoms with E-state index in [9.17, 15) is 23.9 Å². The van der Waals surface area contributed by atoms with Crippen molar-refractivity contribution in [3.8, 4) is 5.75 Å². The smallest absolute Gasteiger partial charge is 0.334 e. The lowest BCUT2D eigenvalue weighted by molar-refractivity contribution is -0.165. The van der Waals surface area contributed by atoms with Gasteiger partial charge in [0.25, 0.3) is 0 Å². The lowest BCUT2D eigenvalue weighted by atomic mass is 9.99. The fourth-order valence-electron chi connectivity index (χ4n) is 4.85. The molecule has 1 aliphatic rings. The van der Waals surface area contributed by atoms with Crippen LogP contribution >= 0.6 is 0 Å². The fourth-order valence-corrected chi connectivity index (χ4v) is 4.85. The van der Waals surface area contributed by atoms with E-state index in [4.69, 9.17) is 0 Å². The minimum Gasteiger partial charge on any atom is -0.508 e. The first-order valence-electron chi connectivity index (χ1n) is 13.2. The molecule has 3 aromatic carbocycles. The van der Waals surface area contributed by atoms with Gasteiger partial charge in [-0.15, -0.1) is 0 Å². The molecule has 0 spiro atoms. The summed E-state index contributed by atoms with van der Waals surface area (Å²) in [5.74, 6) is -0.645. The summed E-state index contributed by atoms with van der Waals surface area (Å²) in [6.07, 6.45) is -0.0520. The highest BCUT2D eigenvalue weighted by molar-refractivity contribution is 5.86.